The average Bonchev–Trinajstić information content (AvgIpc) is 2.20. The van der Waals surface area contributed by atoms with Crippen LogP contribution in [0.1, 0.15) is 25.3 Å². The van der Waals surface area contributed by atoms with Crippen LogP contribution in [0.25, 0.3) is 0 Å². The molecule has 0 saturated carbocycles. The van der Waals surface area contributed by atoms with Crippen LogP contribution in [0.3, 0.4) is 0 Å². The third-order valence-corrected chi connectivity index (χ3v) is 3.17. The minimum Gasteiger partial charge on any atom is -0.491 e. The first-order valence-electron chi connectivity index (χ1n) is 5.26. The summed E-state index contributed by atoms with van der Waals surface area (Å²) < 4.78 is 6.89. The van der Waals surface area contributed by atoms with Crippen LogP contribution in [-0.2, 0) is 0 Å². The van der Waals surface area contributed by atoms with Gasteiger partial charge in [-0.05, 0) is 57.0 Å². The van der Waals surface area contributed by atoms with E-state index in [9.17, 15) is 0 Å². The number of ether oxygens (including phenoxy) is 1. The smallest absolute Gasteiger partial charge is 0.120 e. The highest BCUT2D eigenvalue weighted by atomic mass is 79.9. The lowest BCUT2D eigenvalue weighted by molar-refractivity contribution is 0.208. The van der Waals surface area contributed by atoms with Crippen molar-refractivity contribution in [2.75, 3.05) is 6.54 Å². The molecule has 0 bridgehead atoms. The topological polar surface area (TPSA) is 35.2 Å². The van der Waals surface area contributed by atoms with E-state index in [1.165, 1.54) is 5.56 Å². The molecule has 15 heavy (non-hydrogen) atoms. The second-order valence-electron chi connectivity index (χ2n) is 3.77. The molecular weight excluding hydrogens is 254 g/mol. The quantitative estimate of drug-likeness (QED) is 0.892. The minimum absolute atomic E-state index is 0.231. The van der Waals surface area contributed by atoms with Gasteiger partial charge in [-0.25, -0.2) is 0 Å². The van der Waals surface area contributed by atoms with Gasteiger partial charge in [-0.1, -0.05) is 15.9 Å². The maximum absolute atomic E-state index is 5.78. The molecule has 2 N–H and O–H groups in total. The normalized spacial score (nSPS) is 12.5. The molecule has 0 saturated heterocycles. The third kappa shape index (κ3) is 4.22. The SMILES string of the molecule is Cc1cc(OC(C)CCCN)ccc1Br. The zero-order valence-corrected chi connectivity index (χ0v) is 10.9. The Morgan fingerprint density at radius 2 is 2.20 bits per heavy atom. The maximum atomic E-state index is 5.78. The van der Waals surface area contributed by atoms with E-state index in [4.69, 9.17) is 10.5 Å². The zero-order chi connectivity index (χ0) is 11.3. The summed E-state index contributed by atoms with van der Waals surface area (Å²) in [6.07, 6.45) is 2.25. The number of rotatable bonds is 5. The molecule has 3 heteroatoms. The lowest BCUT2D eigenvalue weighted by atomic mass is 10.2. The van der Waals surface area contributed by atoms with Gasteiger partial charge in [0.25, 0.3) is 0 Å². The summed E-state index contributed by atoms with van der Waals surface area (Å²) in [5.74, 6) is 0.931. The van der Waals surface area contributed by atoms with Crippen LogP contribution in [0.5, 0.6) is 5.75 Å². The Hall–Kier alpha value is -0.540. The van der Waals surface area contributed by atoms with E-state index in [0.29, 0.717) is 0 Å². The van der Waals surface area contributed by atoms with Gasteiger partial charge in [0.1, 0.15) is 5.75 Å². The first-order valence-corrected chi connectivity index (χ1v) is 6.05. The molecule has 0 fully saturated rings. The summed E-state index contributed by atoms with van der Waals surface area (Å²) >= 11 is 3.47. The van der Waals surface area contributed by atoms with Crippen molar-refractivity contribution in [2.45, 2.75) is 32.8 Å². The van der Waals surface area contributed by atoms with Crippen LogP contribution in [0.2, 0.25) is 0 Å². The van der Waals surface area contributed by atoms with Crippen molar-refractivity contribution in [1.29, 1.82) is 0 Å². The van der Waals surface area contributed by atoms with Crippen molar-refractivity contribution in [3.63, 3.8) is 0 Å². The fourth-order valence-electron chi connectivity index (χ4n) is 1.39. The third-order valence-electron chi connectivity index (χ3n) is 2.28. The first-order chi connectivity index (χ1) is 7.13. The number of hydrogen-bond acceptors (Lipinski definition) is 2. The highest BCUT2D eigenvalue weighted by molar-refractivity contribution is 9.10. The van der Waals surface area contributed by atoms with Crippen molar-refractivity contribution in [3.8, 4) is 5.75 Å². The fourth-order valence-corrected chi connectivity index (χ4v) is 1.63. The molecule has 2 nitrogen and oxygen atoms in total. The number of benzene rings is 1. The van der Waals surface area contributed by atoms with E-state index in [1.807, 2.05) is 18.2 Å². The maximum Gasteiger partial charge on any atom is 0.120 e. The fraction of sp³-hybridized carbons (Fsp3) is 0.500. The van der Waals surface area contributed by atoms with Crippen LogP contribution < -0.4 is 10.5 Å². The summed E-state index contributed by atoms with van der Waals surface area (Å²) in [7, 11) is 0. The van der Waals surface area contributed by atoms with E-state index in [2.05, 4.69) is 29.8 Å². The van der Waals surface area contributed by atoms with E-state index < -0.39 is 0 Å². The van der Waals surface area contributed by atoms with E-state index in [1.54, 1.807) is 0 Å². The molecule has 0 aliphatic heterocycles. The Kier molecular flexibility index (Phi) is 5.12. The van der Waals surface area contributed by atoms with Gasteiger partial charge in [0, 0.05) is 4.47 Å². The van der Waals surface area contributed by atoms with Crippen LogP contribution in [0, 0.1) is 6.92 Å². The van der Waals surface area contributed by atoms with Crippen LogP contribution in [0.4, 0.5) is 0 Å². The monoisotopic (exact) mass is 271 g/mol. The van der Waals surface area contributed by atoms with Crippen molar-refractivity contribution < 1.29 is 4.74 Å². The van der Waals surface area contributed by atoms with Crippen molar-refractivity contribution in [3.05, 3.63) is 28.2 Å². The Morgan fingerprint density at radius 3 is 2.80 bits per heavy atom. The number of hydrogen-bond donors (Lipinski definition) is 1. The molecule has 0 spiro atoms. The number of aryl methyl sites for hydroxylation is 1. The highest BCUT2D eigenvalue weighted by Gasteiger charge is 2.04. The molecule has 0 aliphatic carbocycles. The molecule has 0 heterocycles. The van der Waals surface area contributed by atoms with Gasteiger partial charge in [-0.3, -0.25) is 0 Å². The second kappa shape index (κ2) is 6.13. The summed E-state index contributed by atoms with van der Waals surface area (Å²) in [6.45, 7) is 4.86. The van der Waals surface area contributed by atoms with Gasteiger partial charge in [0.2, 0.25) is 0 Å². The van der Waals surface area contributed by atoms with E-state index in [0.717, 1.165) is 29.6 Å². The minimum atomic E-state index is 0.231. The van der Waals surface area contributed by atoms with Gasteiger partial charge in [-0.2, -0.15) is 0 Å². The molecule has 1 rings (SSSR count). The van der Waals surface area contributed by atoms with Gasteiger partial charge < -0.3 is 10.5 Å². The molecule has 0 aliphatic rings. The van der Waals surface area contributed by atoms with Crippen molar-refractivity contribution in [2.24, 2.45) is 5.73 Å². The molecule has 1 aromatic rings. The molecule has 0 aromatic heterocycles. The average molecular weight is 272 g/mol. The Morgan fingerprint density at radius 1 is 1.47 bits per heavy atom. The lowest BCUT2D eigenvalue weighted by Crippen LogP contribution is -2.13. The van der Waals surface area contributed by atoms with Crippen LogP contribution in [0.15, 0.2) is 22.7 Å². The molecule has 1 unspecified atom stereocenters. The zero-order valence-electron chi connectivity index (χ0n) is 9.29. The molecule has 0 radical (unpaired) electrons. The standard InChI is InChI=1S/C12H18BrNO/c1-9-8-11(5-6-12(9)13)15-10(2)4-3-7-14/h5-6,8,10H,3-4,7,14H2,1-2H3. The number of nitrogens with two attached hydrogens (primary N) is 1. The number of halogens is 1. The predicted octanol–water partition coefficient (Wildman–Crippen LogP) is 3.26. The van der Waals surface area contributed by atoms with Crippen LogP contribution in [-0.4, -0.2) is 12.6 Å². The van der Waals surface area contributed by atoms with Gasteiger partial charge in [0.05, 0.1) is 6.10 Å². The summed E-state index contributed by atoms with van der Waals surface area (Å²) in [4.78, 5) is 0. The van der Waals surface area contributed by atoms with Crippen molar-refractivity contribution in [1.82, 2.24) is 0 Å². The largest absolute Gasteiger partial charge is 0.491 e. The Labute approximate surface area is 99.9 Å². The summed E-state index contributed by atoms with van der Waals surface area (Å²) in [5.41, 5.74) is 6.65. The van der Waals surface area contributed by atoms with E-state index >= 15 is 0 Å². The Bertz CT molecular complexity index is 314. The molecule has 84 valence electrons. The molecular formula is C12H18BrNO. The lowest BCUT2D eigenvalue weighted by Gasteiger charge is -2.14. The molecule has 1 aromatic carbocycles. The van der Waals surface area contributed by atoms with Crippen LogP contribution >= 0.6 is 15.9 Å². The highest BCUT2D eigenvalue weighted by Crippen LogP contribution is 2.22. The summed E-state index contributed by atoms with van der Waals surface area (Å²) in [6, 6.07) is 6.04. The molecule has 1 atom stereocenters. The predicted molar refractivity (Wildman–Crippen MR) is 67.3 cm³/mol. The molecule has 0 amide bonds. The first kappa shape index (κ1) is 12.5. The Balaban J connectivity index is 2.53. The second-order valence-corrected chi connectivity index (χ2v) is 4.62. The van der Waals surface area contributed by atoms with E-state index in [-0.39, 0.29) is 6.10 Å². The van der Waals surface area contributed by atoms with Gasteiger partial charge in [0.15, 0.2) is 0 Å². The van der Waals surface area contributed by atoms with Gasteiger partial charge >= 0.3 is 0 Å². The van der Waals surface area contributed by atoms with Crippen molar-refractivity contribution >= 4 is 15.9 Å². The summed E-state index contributed by atoms with van der Waals surface area (Å²) in [5, 5.41) is 0. The van der Waals surface area contributed by atoms with Gasteiger partial charge in [-0.15, -0.1) is 0 Å².